The number of rotatable bonds is 70. The van der Waals surface area contributed by atoms with Gasteiger partial charge >= 0.3 is 39.5 Å². The number of carbonyl (C=O) groups is 4. The summed E-state index contributed by atoms with van der Waals surface area (Å²) in [6.45, 7) is 9.51. The van der Waals surface area contributed by atoms with Crippen molar-refractivity contribution < 1.29 is 80.2 Å². The van der Waals surface area contributed by atoms with Crippen LogP contribution >= 0.6 is 15.6 Å². The van der Waals surface area contributed by atoms with Gasteiger partial charge in [-0.25, -0.2) is 9.13 Å². The minimum absolute atomic E-state index is 0.105. The van der Waals surface area contributed by atoms with Gasteiger partial charge in [0.2, 0.25) is 0 Å². The molecule has 0 spiro atoms. The van der Waals surface area contributed by atoms with Gasteiger partial charge in [0.15, 0.2) is 12.2 Å². The number of carbonyl (C=O) groups excluding carboxylic acids is 4. The molecule has 0 radical (unpaired) electrons. The third-order valence-electron chi connectivity index (χ3n) is 16.8. The largest absolute Gasteiger partial charge is 0.472 e. The molecule has 0 aliphatic heterocycles. The van der Waals surface area contributed by atoms with E-state index in [2.05, 4.69) is 41.5 Å². The number of hydrogen-bond acceptors (Lipinski definition) is 15. The minimum Gasteiger partial charge on any atom is -0.462 e. The van der Waals surface area contributed by atoms with Gasteiger partial charge in [0.1, 0.15) is 19.3 Å². The van der Waals surface area contributed by atoms with Crippen molar-refractivity contribution in [2.45, 2.75) is 381 Å². The van der Waals surface area contributed by atoms with Crippen LogP contribution in [0.2, 0.25) is 0 Å². The number of phosphoric ester groups is 2. The maximum atomic E-state index is 13.0. The van der Waals surface area contributed by atoms with Crippen LogP contribution in [-0.2, 0) is 65.4 Å². The average molecular weight is 1330 g/mol. The van der Waals surface area contributed by atoms with Crippen molar-refractivity contribution in [3.63, 3.8) is 0 Å². The molecule has 90 heavy (non-hydrogen) atoms. The molecule has 534 valence electrons. The van der Waals surface area contributed by atoms with Gasteiger partial charge in [-0.1, -0.05) is 311 Å². The lowest BCUT2D eigenvalue weighted by Crippen LogP contribution is -2.30. The lowest BCUT2D eigenvalue weighted by atomic mass is 9.99. The highest BCUT2D eigenvalue weighted by Gasteiger charge is 2.30. The predicted molar refractivity (Wildman–Crippen MR) is 363 cm³/mol. The lowest BCUT2D eigenvalue weighted by molar-refractivity contribution is -0.161. The normalized spacial score (nSPS) is 14.4. The van der Waals surface area contributed by atoms with Crippen molar-refractivity contribution in [3.05, 3.63) is 0 Å². The summed E-state index contributed by atoms with van der Waals surface area (Å²) in [5.41, 5.74) is 0. The van der Waals surface area contributed by atoms with Crippen molar-refractivity contribution >= 4 is 39.5 Å². The summed E-state index contributed by atoms with van der Waals surface area (Å²) >= 11 is 0. The molecule has 3 unspecified atom stereocenters. The molecule has 0 saturated carbocycles. The molecule has 0 amide bonds. The number of aliphatic hydroxyl groups excluding tert-OH is 1. The summed E-state index contributed by atoms with van der Waals surface area (Å²) in [6.07, 6.45) is 49.0. The first-order valence-electron chi connectivity index (χ1n) is 37.0. The van der Waals surface area contributed by atoms with E-state index >= 15 is 0 Å². The van der Waals surface area contributed by atoms with Gasteiger partial charge in [-0.3, -0.25) is 37.3 Å². The molecule has 0 saturated heterocycles. The molecule has 17 nitrogen and oxygen atoms in total. The third-order valence-corrected chi connectivity index (χ3v) is 18.7. The Hall–Kier alpha value is -1.94. The molecule has 6 atom stereocenters. The topological polar surface area (TPSA) is 237 Å². The van der Waals surface area contributed by atoms with Crippen LogP contribution in [0.5, 0.6) is 0 Å². The second kappa shape index (κ2) is 63.1. The zero-order chi connectivity index (χ0) is 66.5. The summed E-state index contributed by atoms with van der Waals surface area (Å²) < 4.78 is 68.0. The molecular formula is C71H138O17P2. The molecule has 3 N–H and O–H groups in total. The Morgan fingerprint density at radius 1 is 0.322 bits per heavy atom. The number of phosphoric acid groups is 2. The van der Waals surface area contributed by atoms with Gasteiger partial charge in [0.25, 0.3) is 0 Å². The molecule has 0 aliphatic rings. The molecule has 19 heteroatoms. The van der Waals surface area contributed by atoms with Crippen molar-refractivity contribution in [1.29, 1.82) is 0 Å². The standard InChI is InChI=1S/C71H138O17P2/c1-7-10-12-14-15-16-31-37-43-49-55-70(75)87-66(59-81-68(73)53-47-39-13-11-8-2)61-85-89(77,78)83-57-65(72)58-84-90(79,80)86-62-67(60-82-69(74)54-48-42-36-32-28-27-29-34-40-45-51-63(4)5)88-71(76)56-50-44-38-33-26-24-22-20-18-17-19-21-23-25-30-35-41-46-52-64(6)9-3/h63-67,72H,7-62H2,1-6H3,(H,77,78)(H,79,80)/t64?,65-,66+,67+/m0/s1. The van der Waals surface area contributed by atoms with Crippen LogP contribution in [0.1, 0.15) is 363 Å². The van der Waals surface area contributed by atoms with Gasteiger partial charge in [0.05, 0.1) is 26.4 Å². The minimum atomic E-state index is -4.95. The lowest BCUT2D eigenvalue weighted by Gasteiger charge is -2.21. The molecule has 0 aromatic heterocycles. The van der Waals surface area contributed by atoms with E-state index < -0.39 is 97.5 Å². The Labute approximate surface area is 549 Å². The van der Waals surface area contributed by atoms with Crippen LogP contribution in [0.25, 0.3) is 0 Å². The smallest absolute Gasteiger partial charge is 0.462 e. The van der Waals surface area contributed by atoms with Crippen LogP contribution < -0.4 is 0 Å². The monoisotopic (exact) mass is 1320 g/mol. The van der Waals surface area contributed by atoms with Gasteiger partial charge in [-0.05, 0) is 37.5 Å². The summed E-state index contributed by atoms with van der Waals surface area (Å²) in [5.74, 6) is -0.506. The van der Waals surface area contributed by atoms with E-state index in [1.165, 1.54) is 173 Å². The van der Waals surface area contributed by atoms with Crippen LogP contribution in [-0.4, -0.2) is 96.7 Å². The molecule has 0 bridgehead atoms. The number of unbranched alkanes of at least 4 members (excludes halogenated alkanes) is 39. The summed E-state index contributed by atoms with van der Waals surface area (Å²) in [4.78, 5) is 72.2. The first-order chi connectivity index (χ1) is 43.4. The van der Waals surface area contributed by atoms with Crippen molar-refractivity contribution in [1.82, 2.24) is 0 Å². The van der Waals surface area contributed by atoms with Crippen LogP contribution in [0.4, 0.5) is 0 Å². The van der Waals surface area contributed by atoms with E-state index in [1.54, 1.807) is 0 Å². The van der Waals surface area contributed by atoms with Gasteiger partial charge in [-0.2, -0.15) is 0 Å². The highest BCUT2D eigenvalue weighted by atomic mass is 31.2. The third kappa shape index (κ3) is 63.5. The highest BCUT2D eigenvalue weighted by molar-refractivity contribution is 7.47. The molecule has 0 heterocycles. The summed E-state index contributed by atoms with van der Waals surface area (Å²) in [5, 5.41) is 10.5. The fourth-order valence-corrected chi connectivity index (χ4v) is 12.3. The number of hydrogen-bond donors (Lipinski definition) is 3. The fraction of sp³-hybridized carbons (Fsp3) is 0.944. The Bertz CT molecular complexity index is 1750. The van der Waals surface area contributed by atoms with E-state index in [-0.39, 0.29) is 25.7 Å². The average Bonchev–Trinajstić information content (AvgIpc) is 3.59. The van der Waals surface area contributed by atoms with Crippen LogP contribution in [0.3, 0.4) is 0 Å². The summed E-state index contributed by atoms with van der Waals surface area (Å²) in [6, 6.07) is 0. The Kier molecular flexibility index (Phi) is 61.8. The van der Waals surface area contributed by atoms with Crippen molar-refractivity contribution in [2.24, 2.45) is 11.8 Å². The molecular weight excluding hydrogens is 1190 g/mol. The second-order valence-corrected chi connectivity index (χ2v) is 29.3. The van der Waals surface area contributed by atoms with Gasteiger partial charge in [-0.15, -0.1) is 0 Å². The summed E-state index contributed by atoms with van der Waals surface area (Å²) in [7, 11) is -9.89. The van der Waals surface area contributed by atoms with Gasteiger partial charge < -0.3 is 33.8 Å². The molecule has 0 aliphatic carbocycles. The Morgan fingerprint density at radius 3 is 0.844 bits per heavy atom. The zero-order valence-corrected chi connectivity index (χ0v) is 60.2. The Morgan fingerprint density at radius 2 is 0.567 bits per heavy atom. The van der Waals surface area contributed by atoms with E-state index in [1.807, 2.05) is 0 Å². The molecule has 0 aromatic rings. The van der Waals surface area contributed by atoms with Crippen LogP contribution in [0.15, 0.2) is 0 Å². The first kappa shape index (κ1) is 88.1. The van der Waals surface area contributed by atoms with E-state index in [0.717, 1.165) is 108 Å². The second-order valence-electron chi connectivity index (χ2n) is 26.3. The Balaban J connectivity index is 5.09. The predicted octanol–water partition coefficient (Wildman–Crippen LogP) is 20.4. The highest BCUT2D eigenvalue weighted by Crippen LogP contribution is 2.45. The molecule has 0 aromatic carbocycles. The number of aliphatic hydroxyl groups is 1. The van der Waals surface area contributed by atoms with Crippen molar-refractivity contribution in [3.8, 4) is 0 Å². The van der Waals surface area contributed by atoms with E-state index in [9.17, 15) is 43.2 Å². The number of ether oxygens (including phenoxy) is 4. The maximum Gasteiger partial charge on any atom is 0.472 e. The quantitative estimate of drug-likeness (QED) is 0.0222. The van der Waals surface area contributed by atoms with Crippen molar-refractivity contribution in [2.75, 3.05) is 39.6 Å². The first-order valence-corrected chi connectivity index (χ1v) is 40.0. The number of esters is 4. The van der Waals surface area contributed by atoms with E-state index in [4.69, 9.17) is 37.0 Å². The fourth-order valence-electron chi connectivity index (χ4n) is 10.7. The zero-order valence-electron chi connectivity index (χ0n) is 58.4. The molecule has 0 rings (SSSR count). The van der Waals surface area contributed by atoms with Gasteiger partial charge in [0, 0.05) is 25.7 Å². The molecule has 0 fully saturated rings. The SMILES string of the molecule is CCCCCCCCCCCCC(=O)O[C@H](COC(=O)CCCCCCC)COP(=O)(O)OC[C@H](O)COP(=O)(O)OC[C@@H](COC(=O)CCCCCCCCCCCCC(C)C)OC(=O)CCCCCCCCCCCCCCCCCCCCC(C)CC. The van der Waals surface area contributed by atoms with Crippen LogP contribution in [0, 0.1) is 11.8 Å². The van der Waals surface area contributed by atoms with E-state index in [0.29, 0.717) is 25.7 Å². The maximum absolute atomic E-state index is 13.0.